The van der Waals surface area contributed by atoms with Gasteiger partial charge in [0.1, 0.15) is 0 Å². The van der Waals surface area contributed by atoms with Gasteiger partial charge in [-0.3, -0.25) is 0 Å². The van der Waals surface area contributed by atoms with Crippen LogP contribution in [0.2, 0.25) is 0 Å². The van der Waals surface area contributed by atoms with Crippen LogP contribution in [-0.2, 0) is 4.74 Å². The lowest BCUT2D eigenvalue weighted by Gasteiger charge is -2.14. The molecule has 0 heterocycles. The molecule has 2 nitrogen and oxygen atoms in total. The van der Waals surface area contributed by atoms with E-state index in [1.54, 1.807) is 0 Å². The third-order valence-electron chi connectivity index (χ3n) is 1.96. The van der Waals surface area contributed by atoms with E-state index in [1.807, 2.05) is 0 Å². The fourth-order valence-corrected chi connectivity index (χ4v) is 0.762. The Kier molecular flexibility index (Phi) is 5.20. The zero-order valence-electron chi connectivity index (χ0n) is 7.46. The van der Waals surface area contributed by atoms with Crippen molar-refractivity contribution >= 4 is 17.4 Å². The van der Waals surface area contributed by atoms with Gasteiger partial charge < -0.3 is 10.5 Å². The summed E-state index contributed by atoms with van der Waals surface area (Å²) in [6.45, 7) is 7.25. The van der Waals surface area contributed by atoms with E-state index in [2.05, 4.69) is 33.0 Å². The molecule has 0 amide bonds. The molecule has 66 valence electrons. The largest absolute Gasteiger partial charge is 0.471 e. The molecule has 0 fully saturated rings. The maximum atomic E-state index is 5.16. The maximum Gasteiger partial charge on any atom is 0.253 e. The quantitative estimate of drug-likeness (QED) is 0.663. The van der Waals surface area contributed by atoms with Crippen molar-refractivity contribution in [3.05, 3.63) is 0 Å². The Morgan fingerprint density at radius 2 is 2.00 bits per heavy atom. The zero-order valence-corrected chi connectivity index (χ0v) is 8.28. The van der Waals surface area contributed by atoms with Gasteiger partial charge >= 0.3 is 0 Å². The summed E-state index contributed by atoms with van der Waals surface area (Å²) in [4.78, 5) is 0. The fraction of sp³-hybridized carbons (Fsp3) is 0.875. The van der Waals surface area contributed by atoms with Gasteiger partial charge in [0.25, 0.3) is 5.17 Å². The van der Waals surface area contributed by atoms with E-state index in [-0.39, 0.29) is 5.17 Å². The van der Waals surface area contributed by atoms with Crippen LogP contribution in [0.15, 0.2) is 0 Å². The lowest BCUT2D eigenvalue weighted by molar-refractivity contribution is 0.252. The minimum Gasteiger partial charge on any atom is -0.471 e. The summed E-state index contributed by atoms with van der Waals surface area (Å²) < 4.78 is 4.97. The number of hydrogen-bond acceptors (Lipinski definition) is 2. The van der Waals surface area contributed by atoms with E-state index in [1.165, 1.54) is 0 Å². The molecule has 1 unspecified atom stereocenters. The Morgan fingerprint density at radius 1 is 1.45 bits per heavy atom. The lowest BCUT2D eigenvalue weighted by Crippen LogP contribution is -2.16. The number of rotatable bonds is 4. The predicted molar refractivity (Wildman–Crippen MR) is 51.4 cm³/mol. The Balaban J connectivity index is 3.31. The molecule has 0 spiro atoms. The van der Waals surface area contributed by atoms with Crippen molar-refractivity contribution < 1.29 is 4.74 Å². The summed E-state index contributed by atoms with van der Waals surface area (Å²) in [5, 5.41) is 0.154. The number of nitrogens with two attached hydrogens (primary N) is 1. The van der Waals surface area contributed by atoms with Gasteiger partial charge in [0, 0.05) is 0 Å². The first kappa shape index (κ1) is 10.7. The van der Waals surface area contributed by atoms with Crippen molar-refractivity contribution in [2.75, 3.05) is 6.61 Å². The van der Waals surface area contributed by atoms with E-state index in [9.17, 15) is 0 Å². The second-order valence-corrected chi connectivity index (χ2v) is 3.58. The van der Waals surface area contributed by atoms with Crippen LogP contribution in [0, 0.1) is 11.8 Å². The molecule has 0 rings (SSSR count). The average Bonchev–Trinajstić information content (AvgIpc) is 1.86. The Morgan fingerprint density at radius 3 is 2.36 bits per heavy atom. The molecule has 2 N–H and O–H groups in total. The van der Waals surface area contributed by atoms with Gasteiger partial charge in [-0.15, -0.1) is 0 Å². The third kappa shape index (κ3) is 6.10. The molecule has 0 bridgehead atoms. The van der Waals surface area contributed by atoms with Crippen molar-refractivity contribution in [2.45, 2.75) is 27.2 Å². The van der Waals surface area contributed by atoms with Gasteiger partial charge in [-0.25, -0.2) is 0 Å². The number of ether oxygens (including phenoxy) is 1. The molecule has 0 aromatic carbocycles. The number of hydrogen-bond donors (Lipinski definition) is 1. The molecular weight excluding hydrogens is 158 g/mol. The first-order valence-corrected chi connectivity index (χ1v) is 4.37. The highest BCUT2D eigenvalue weighted by molar-refractivity contribution is 7.80. The smallest absolute Gasteiger partial charge is 0.253 e. The van der Waals surface area contributed by atoms with Crippen LogP contribution in [0.3, 0.4) is 0 Å². The lowest BCUT2D eigenvalue weighted by atomic mass is 9.95. The van der Waals surface area contributed by atoms with Gasteiger partial charge in [0.15, 0.2) is 0 Å². The normalized spacial score (nSPS) is 13.1. The minimum atomic E-state index is 0.154. The first-order valence-electron chi connectivity index (χ1n) is 3.96. The first-order chi connectivity index (χ1) is 5.04. The SMILES string of the molecule is CC(C)C(C)CCOC(N)=S. The second-order valence-electron chi connectivity index (χ2n) is 3.18. The average molecular weight is 175 g/mol. The molecule has 0 saturated heterocycles. The van der Waals surface area contributed by atoms with Gasteiger partial charge in [-0.2, -0.15) is 0 Å². The minimum absolute atomic E-state index is 0.154. The molecule has 0 aliphatic heterocycles. The standard InChI is InChI=1S/C8H17NOS/c1-6(2)7(3)4-5-10-8(9)11/h6-7H,4-5H2,1-3H3,(H2,9,11). The molecule has 0 aliphatic carbocycles. The van der Waals surface area contributed by atoms with E-state index >= 15 is 0 Å². The summed E-state index contributed by atoms with van der Waals surface area (Å²) in [6, 6.07) is 0. The predicted octanol–water partition coefficient (Wildman–Crippen LogP) is 1.93. The van der Waals surface area contributed by atoms with E-state index in [4.69, 9.17) is 10.5 Å². The molecule has 0 aromatic heterocycles. The van der Waals surface area contributed by atoms with Crippen LogP contribution < -0.4 is 5.73 Å². The van der Waals surface area contributed by atoms with Gasteiger partial charge in [-0.1, -0.05) is 20.8 Å². The van der Waals surface area contributed by atoms with Gasteiger partial charge in [0.2, 0.25) is 0 Å². The van der Waals surface area contributed by atoms with Gasteiger partial charge in [-0.05, 0) is 30.5 Å². The fourth-order valence-electron chi connectivity index (χ4n) is 0.679. The topological polar surface area (TPSA) is 35.2 Å². The molecule has 0 saturated carbocycles. The van der Waals surface area contributed by atoms with E-state index < -0.39 is 0 Å². The van der Waals surface area contributed by atoms with Crippen LogP contribution in [0.4, 0.5) is 0 Å². The van der Waals surface area contributed by atoms with Gasteiger partial charge in [0.05, 0.1) is 6.61 Å². The van der Waals surface area contributed by atoms with E-state index in [0.717, 1.165) is 6.42 Å². The van der Waals surface area contributed by atoms with Crippen molar-refractivity contribution in [3.63, 3.8) is 0 Å². The summed E-state index contributed by atoms with van der Waals surface area (Å²) in [5.74, 6) is 1.37. The van der Waals surface area contributed by atoms with Crippen molar-refractivity contribution in [1.82, 2.24) is 0 Å². The highest BCUT2D eigenvalue weighted by atomic mass is 32.1. The monoisotopic (exact) mass is 175 g/mol. The Hall–Kier alpha value is -0.310. The molecule has 0 aliphatic rings. The Bertz CT molecular complexity index is 125. The van der Waals surface area contributed by atoms with E-state index in [0.29, 0.717) is 18.4 Å². The highest BCUT2D eigenvalue weighted by Crippen LogP contribution is 2.13. The van der Waals surface area contributed by atoms with Crippen LogP contribution >= 0.6 is 12.2 Å². The second kappa shape index (κ2) is 5.35. The van der Waals surface area contributed by atoms with Crippen LogP contribution in [0.5, 0.6) is 0 Å². The summed E-state index contributed by atoms with van der Waals surface area (Å²) in [5.41, 5.74) is 5.16. The molecule has 11 heavy (non-hydrogen) atoms. The summed E-state index contributed by atoms with van der Waals surface area (Å²) in [6.07, 6.45) is 1.02. The molecule has 0 aromatic rings. The molecule has 0 radical (unpaired) electrons. The molecule has 3 heteroatoms. The Labute approximate surface area is 74.1 Å². The van der Waals surface area contributed by atoms with Crippen LogP contribution in [-0.4, -0.2) is 11.8 Å². The van der Waals surface area contributed by atoms with Crippen molar-refractivity contribution in [2.24, 2.45) is 17.6 Å². The maximum absolute atomic E-state index is 5.16. The van der Waals surface area contributed by atoms with Crippen LogP contribution in [0.25, 0.3) is 0 Å². The molecule has 1 atom stereocenters. The number of thiocarbonyl (C=S) groups is 1. The summed E-state index contributed by atoms with van der Waals surface area (Å²) >= 11 is 4.57. The highest BCUT2D eigenvalue weighted by Gasteiger charge is 2.06. The zero-order chi connectivity index (χ0) is 8.85. The van der Waals surface area contributed by atoms with Crippen molar-refractivity contribution in [3.8, 4) is 0 Å². The molecular formula is C8H17NOS. The van der Waals surface area contributed by atoms with Crippen LogP contribution in [0.1, 0.15) is 27.2 Å². The van der Waals surface area contributed by atoms with Crippen molar-refractivity contribution in [1.29, 1.82) is 0 Å². The summed E-state index contributed by atoms with van der Waals surface area (Å²) in [7, 11) is 0. The third-order valence-corrected chi connectivity index (χ3v) is 2.07.